The molecule has 158 valence electrons. The van der Waals surface area contributed by atoms with Crippen LogP contribution in [0.25, 0.3) is 5.65 Å². The number of hydrogen-bond acceptors (Lipinski definition) is 8. The largest absolute Gasteiger partial charge is 0.477 e. The molecule has 0 unspecified atom stereocenters. The molecule has 3 rings (SSSR count). The highest BCUT2D eigenvalue weighted by atomic mass is 16.5. The molecule has 30 heavy (non-hydrogen) atoms. The van der Waals surface area contributed by atoms with Crippen molar-refractivity contribution in [3.8, 4) is 0 Å². The minimum absolute atomic E-state index is 0.00769. The number of aromatic amines is 1. The molecule has 0 aliphatic carbocycles. The van der Waals surface area contributed by atoms with Gasteiger partial charge in [0.2, 0.25) is 0 Å². The molecule has 2 heterocycles. The Morgan fingerprint density at radius 2 is 1.70 bits per heavy atom. The molecule has 0 bridgehead atoms. The molecular formula is C19H20N4O7. The molecular weight excluding hydrogens is 396 g/mol. The number of fused-ring (bicyclic) bond motifs is 1. The van der Waals surface area contributed by atoms with Gasteiger partial charge in [0.1, 0.15) is 0 Å². The first-order chi connectivity index (χ1) is 14.2. The number of carbonyl (C=O) groups excluding carboxylic acids is 2. The SMILES string of the molecule is COC(=O)c1cc(C(=O)O)nc2cc(=O)[nH]n12.COC(=O)c1ccc([C@@H](C)N)cc1. The second kappa shape index (κ2) is 9.47. The van der Waals surface area contributed by atoms with Crippen LogP contribution in [0.3, 0.4) is 0 Å². The summed E-state index contributed by atoms with van der Waals surface area (Å²) in [6.45, 7) is 1.90. The molecule has 0 aliphatic rings. The van der Waals surface area contributed by atoms with E-state index in [-0.39, 0.29) is 29.0 Å². The zero-order valence-electron chi connectivity index (χ0n) is 16.4. The van der Waals surface area contributed by atoms with Crippen LogP contribution in [-0.2, 0) is 9.47 Å². The zero-order chi connectivity index (χ0) is 22.4. The van der Waals surface area contributed by atoms with Gasteiger partial charge in [-0.3, -0.25) is 9.89 Å². The van der Waals surface area contributed by atoms with Crippen LogP contribution in [0.5, 0.6) is 0 Å². The van der Waals surface area contributed by atoms with E-state index in [9.17, 15) is 19.2 Å². The highest BCUT2D eigenvalue weighted by Crippen LogP contribution is 2.11. The maximum absolute atomic E-state index is 11.4. The quantitative estimate of drug-likeness (QED) is 0.526. The van der Waals surface area contributed by atoms with Crippen LogP contribution >= 0.6 is 0 Å². The molecule has 1 aromatic carbocycles. The second-order valence-corrected chi connectivity index (χ2v) is 6.04. The number of esters is 2. The molecule has 2 aromatic heterocycles. The van der Waals surface area contributed by atoms with Crippen molar-refractivity contribution in [2.75, 3.05) is 14.2 Å². The van der Waals surface area contributed by atoms with E-state index in [0.717, 1.165) is 29.3 Å². The third kappa shape index (κ3) is 5.08. The number of carbonyl (C=O) groups is 3. The van der Waals surface area contributed by atoms with Crippen LogP contribution in [0.15, 0.2) is 41.2 Å². The molecule has 1 atom stereocenters. The predicted molar refractivity (Wildman–Crippen MR) is 104 cm³/mol. The van der Waals surface area contributed by atoms with Gasteiger partial charge in [0.05, 0.1) is 19.8 Å². The van der Waals surface area contributed by atoms with Crippen molar-refractivity contribution in [1.82, 2.24) is 14.6 Å². The third-order valence-electron chi connectivity index (χ3n) is 3.93. The minimum Gasteiger partial charge on any atom is -0.477 e. The van der Waals surface area contributed by atoms with Crippen molar-refractivity contribution >= 4 is 23.6 Å². The van der Waals surface area contributed by atoms with E-state index < -0.39 is 17.5 Å². The first-order valence-corrected chi connectivity index (χ1v) is 8.56. The molecule has 0 saturated heterocycles. The highest BCUT2D eigenvalue weighted by molar-refractivity contribution is 5.93. The lowest BCUT2D eigenvalue weighted by Crippen LogP contribution is -2.14. The minimum atomic E-state index is -1.30. The van der Waals surface area contributed by atoms with Crippen LogP contribution < -0.4 is 11.3 Å². The summed E-state index contributed by atoms with van der Waals surface area (Å²) < 4.78 is 10.1. The normalized spacial score (nSPS) is 11.2. The summed E-state index contributed by atoms with van der Waals surface area (Å²) in [5.41, 5.74) is 6.30. The number of benzene rings is 1. The molecule has 4 N–H and O–H groups in total. The van der Waals surface area contributed by atoms with Crippen molar-refractivity contribution < 1.29 is 29.0 Å². The van der Waals surface area contributed by atoms with Crippen molar-refractivity contribution in [2.24, 2.45) is 5.73 Å². The van der Waals surface area contributed by atoms with E-state index in [1.807, 2.05) is 19.1 Å². The number of rotatable bonds is 4. The van der Waals surface area contributed by atoms with Gasteiger partial charge in [-0.25, -0.2) is 23.9 Å². The zero-order valence-corrected chi connectivity index (χ0v) is 16.4. The predicted octanol–water partition coefficient (Wildman–Crippen LogP) is 1.00. The maximum atomic E-state index is 11.4. The van der Waals surface area contributed by atoms with E-state index in [2.05, 4.69) is 19.6 Å². The van der Waals surface area contributed by atoms with Crippen molar-refractivity contribution in [3.05, 3.63) is 69.3 Å². The average molecular weight is 416 g/mol. The Morgan fingerprint density at radius 3 is 2.20 bits per heavy atom. The van der Waals surface area contributed by atoms with Crippen LogP contribution in [-0.4, -0.2) is 51.8 Å². The molecule has 3 aromatic rings. The lowest BCUT2D eigenvalue weighted by molar-refractivity contribution is 0.0585. The summed E-state index contributed by atoms with van der Waals surface area (Å²) in [7, 11) is 2.51. The van der Waals surface area contributed by atoms with Gasteiger partial charge in [0.15, 0.2) is 17.0 Å². The molecule has 0 amide bonds. The topological polar surface area (TPSA) is 166 Å². The number of H-pyrrole nitrogens is 1. The Hall–Kier alpha value is -3.99. The van der Waals surface area contributed by atoms with Crippen molar-refractivity contribution in [3.63, 3.8) is 0 Å². The Morgan fingerprint density at radius 1 is 1.10 bits per heavy atom. The van der Waals surface area contributed by atoms with Crippen LogP contribution in [0.2, 0.25) is 0 Å². The summed E-state index contributed by atoms with van der Waals surface area (Å²) in [5, 5.41) is 11.1. The van der Waals surface area contributed by atoms with Gasteiger partial charge in [0, 0.05) is 18.2 Å². The maximum Gasteiger partial charge on any atom is 0.356 e. The fourth-order valence-electron chi connectivity index (χ4n) is 2.40. The van der Waals surface area contributed by atoms with E-state index in [1.54, 1.807) is 12.1 Å². The number of carboxylic acids is 1. The standard InChI is InChI=1S/C10H13NO2.C9H7N3O5/c1-7(11)8-3-5-9(6-4-8)10(12)13-2;1-17-9(16)5-2-4(8(14)15)10-6-3-7(13)11-12(5)6/h3-7H,11H2,1-2H3;2-3H,1H3,(H,11,13)(H,14,15)/t7-;/m1./s1. The van der Waals surface area contributed by atoms with Gasteiger partial charge >= 0.3 is 17.9 Å². The van der Waals surface area contributed by atoms with E-state index in [0.29, 0.717) is 5.56 Å². The number of nitrogens with two attached hydrogens (primary N) is 1. The number of hydrogen-bond donors (Lipinski definition) is 3. The summed E-state index contributed by atoms with van der Waals surface area (Å²) in [6, 6.07) is 9.19. The Labute approximate surface area is 170 Å². The van der Waals surface area contributed by atoms with Gasteiger partial charge < -0.3 is 20.3 Å². The molecule has 0 aliphatic heterocycles. The summed E-state index contributed by atoms with van der Waals surface area (Å²) in [6.07, 6.45) is 0. The smallest absolute Gasteiger partial charge is 0.356 e. The second-order valence-electron chi connectivity index (χ2n) is 6.04. The average Bonchev–Trinajstić information content (AvgIpc) is 3.12. The number of nitrogens with one attached hydrogen (secondary N) is 1. The van der Waals surface area contributed by atoms with E-state index >= 15 is 0 Å². The molecule has 11 nitrogen and oxygen atoms in total. The summed E-state index contributed by atoms with van der Waals surface area (Å²) >= 11 is 0. The number of ether oxygens (including phenoxy) is 2. The number of carboxylic acid groups (broad SMARTS) is 1. The van der Waals surface area contributed by atoms with Crippen molar-refractivity contribution in [1.29, 1.82) is 0 Å². The highest BCUT2D eigenvalue weighted by Gasteiger charge is 2.17. The monoisotopic (exact) mass is 416 g/mol. The molecule has 0 saturated carbocycles. The number of aromatic nitrogens is 3. The molecule has 0 fully saturated rings. The molecule has 0 spiro atoms. The van der Waals surface area contributed by atoms with Crippen LogP contribution in [0.4, 0.5) is 0 Å². The van der Waals surface area contributed by atoms with Gasteiger partial charge in [-0.2, -0.15) is 0 Å². The van der Waals surface area contributed by atoms with E-state index in [1.165, 1.54) is 7.11 Å². The van der Waals surface area contributed by atoms with Gasteiger partial charge in [-0.1, -0.05) is 12.1 Å². The van der Waals surface area contributed by atoms with Crippen LogP contribution in [0, 0.1) is 0 Å². The number of nitrogens with zero attached hydrogens (tertiary/aromatic N) is 2. The molecule has 0 radical (unpaired) electrons. The first-order valence-electron chi connectivity index (χ1n) is 8.56. The van der Waals surface area contributed by atoms with Crippen LogP contribution in [0.1, 0.15) is 49.9 Å². The summed E-state index contributed by atoms with van der Waals surface area (Å²) in [4.78, 5) is 48.1. The summed E-state index contributed by atoms with van der Waals surface area (Å²) in [5.74, 6) is -2.39. The third-order valence-corrected chi connectivity index (χ3v) is 3.93. The lowest BCUT2D eigenvalue weighted by atomic mass is 10.1. The molecule has 11 heteroatoms. The number of aromatic carboxylic acids is 1. The lowest BCUT2D eigenvalue weighted by Gasteiger charge is -2.05. The Balaban J connectivity index is 0.000000222. The fraction of sp³-hybridized carbons (Fsp3) is 0.211. The van der Waals surface area contributed by atoms with E-state index in [4.69, 9.17) is 10.8 Å². The van der Waals surface area contributed by atoms with Gasteiger partial charge in [0.25, 0.3) is 5.56 Å². The Bertz CT molecular complexity index is 1130. The number of methoxy groups -OCH3 is 2. The Kier molecular flexibility index (Phi) is 7.04. The fourth-order valence-corrected chi connectivity index (χ4v) is 2.40. The van der Waals surface area contributed by atoms with Gasteiger partial charge in [-0.15, -0.1) is 0 Å². The van der Waals surface area contributed by atoms with Gasteiger partial charge in [-0.05, 0) is 24.6 Å². The van der Waals surface area contributed by atoms with Crippen molar-refractivity contribution in [2.45, 2.75) is 13.0 Å². The first kappa shape index (κ1) is 22.3.